The number of ether oxygens (including phenoxy) is 1. The highest BCUT2D eigenvalue weighted by atomic mass is 16.5. The summed E-state index contributed by atoms with van der Waals surface area (Å²) >= 11 is 0. The Morgan fingerprint density at radius 3 is 2.45 bits per heavy atom. The Kier molecular flexibility index (Phi) is 4.79. The number of carbonyl (C=O) groups excluding carboxylic acids is 1. The molecule has 0 aliphatic heterocycles. The second-order valence-electron chi connectivity index (χ2n) is 4.42. The maximum absolute atomic E-state index is 11.3. The zero-order valence-electron chi connectivity index (χ0n) is 11.6. The summed E-state index contributed by atoms with van der Waals surface area (Å²) in [5.41, 5.74) is 1.70. The lowest BCUT2D eigenvalue weighted by Crippen LogP contribution is -2.16. The number of anilines is 2. The first-order chi connectivity index (χ1) is 9.67. The van der Waals surface area contributed by atoms with Crippen LogP contribution in [-0.2, 0) is 16.1 Å². The third-order valence-corrected chi connectivity index (χ3v) is 2.71. The Bertz CT molecular complexity index is 561. The number of nitrogens with one attached hydrogen (secondary N) is 2. The van der Waals surface area contributed by atoms with Gasteiger partial charge in [-0.15, -0.1) is 0 Å². The van der Waals surface area contributed by atoms with E-state index in [0.29, 0.717) is 6.54 Å². The highest BCUT2D eigenvalue weighted by Gasteiger charge is 2.02. The topological polar surface area (TPSA) is 63.5 Å². The van der Waals surface area contributed by atoms with E-state index in [2.05, 4.69) is 10.6 Å². The number of hydrogen-bond acceptors (Lipinski definition) is 4. The summed E-state index contributed by atoms with van der Waals surface area (Å²) in [6.07, 6.45) is 0. The molecule has 1 aromatic carbocycles. The Labute approximate surface area is 117 Å². The van der Waals surface area contributed by atoms with Crippen LogP contribution in [0.25, 0.3) is 0 Å². The number of carbonyl (C=O) groups is 1. The van der Waals surface area contributed by atoms with Crippen molar-refractivity contribution < 1.29 is 13.9 Å². The first-order valence-corrected chi connectivity index (χ1v) is 6.35. The first-order valence-electron chi connectivity index (χ1n) is 6.35. The molecule has 2 rings (SSSR count). The number of methoxy groups -OCH3 is 1. The van der Waals surface area contributed by atoms with Gasteiger partial charge in [-0.3, -0.25) is 4.79 Å². The molecule has 1 heterocycles. The molecule has 0 atom stereocenters. The second-order valence-corrected chi connectivity index (χ2v) is 4.42. The van der Waals surface area contributed by atoms with E-state index in [9.17, 15) is 4.79 Å². The molecular weight excluding hydrogens is 256 g/mol. The normalized spacial score (nSPS) is 10.3. The Morgan fingerprint density at radius 2 is 1.85 bits per heavy atom. The van der Waals surface area contributed by atoms with Gasteiger partial charge in [-0.2, -0.15) is 0 Å². The number of rotatable bonds is 6. The number of aryl methyl sites for hydroxylation is 1. The minimum Gasteiger partial charge on any atom is -0.465 e. The predicted octanol–water partition coefficient (Wildman–Crippen LogP) is 2.79. The van der Waals surface area contributed by atoms with Crippen LogP contribution in [0.2, 0.25) is 0 Å². The van der Waals surface area contributed by atoms with Crippen LogP contribution in [0.15, 0.2) is 40.8 Å². The van der Waals surface area contributed by atoms with Crippen LogP contribution in [0.4, 0.5) is 11.4 Å². The minimum absolute atomic E-state index is 0.0534. The molecule has 1 aromatic heterocycles. The predicted molar refractivity (Wildman–Crippen MR) is 77.7 cm³/mol. The van der Waals surface area contributed by atoms with E-state index in [1.807, 2.05) is 43.3 Å². The quantitative estimate of drug-likeness (QED) is 0.850. The smallest absolute Gasteiger partial charge is 0.250 e. The minimum atomic E-state index is -0.167. The van der Waals surface area contributed by atoms with Gasteiger partial charge in [-0.25, -0.2) is 0 Å². The van der Waals surface area contributed by atoms with E-state index in [1.165, 1.54) is 7.11 Å². The maximum atomic E-state index is 11.3. The number of hydrogen-bond donors (Lipinski definition) is 2. The van der Waals surface area contributed by atoms with Crippen molar-refractivity contribution in [1.29, 1.82) is 0 Å². The summed E-state index contributed by atoms with van der Waals surface area (Å²) in [4.78, 5) is 11.3. The fourth-order valence-corrected chi connectivity index (χ4v) is 1.77. The van der Waals surface area contributed by atoms with Gasteiger partial charge in [0.15, 0.2) is 0 Å². The summed E-state index contributed by atoms with van der Waals surface area (Å²) in [7, 11) is 1.49. The Balaban J connectivity index is 1.86. The van der Waals surface area contributed by atoms with Crippen molar-refractivity contribution >= 4 is 17.3 Å². The number of furan rings is 1. The van der Waals surface area contributed by atoms with Gasteiger partial charge in [0.1, 0.15) is 18.1 Å². The molecule has 5 nitrogen and oxygen atoms in total. The molecule has 0 unspecified atom stereocenters. The van der Waals surface area contributed by atoms with Crippen molar-refractivity contribution in [2.75, 3.05) is 24.4 Å². The van der Waals surface area contributed by atoms with Gasteiger partial charge in [0.2, 0.25) is 5.91 Å². The summed E-state index contributed by atoms with van der Waals surface area (Å²) in [5.74, 6) is 1.62. The van der Waals surface area contributed by atoms with E-state index in [0.717, 1.165) is 22.9 Å². The highest BCUT2D eigenvalue weighted by Crippen LogP contribution is 2.15. The molecule has 0 fully saturated rings. The monoisotopic (exact) mass is 274 g/mol. The van der Waals surface area contributed by atoms with Gasteiger partial charge in [-0.1, -0.05) is 0 Å². The second kappa shape index (κ2) is 6.77. The van der Waals surface area contributed by atoms with Crippen LogP contribution < -0.4 is 10.6 Å². The van der Waals surface area contributed by atoms with Gasteiger partial charge in [-0.05, 0) is 43.3 Å². The molecule has 0 aliphatic carbocycles. The van der Waals surface area contributed by atoms with Crippen molar-refractivity contribution in [3.05, 3.63) is 47.9 Å². The highest BCUT2D eigenvalue weighted by molar-refractivity contribution is 5.91. The largest absolute Gasteiger partial charge is 0.465 e. The third kappa shape index (κ3) is 4.13. The van der Waals surface area contributed by atoms with Crippen molar-refractivity contribution in [2.24, 2.45) is 0 Å². The Morgan fingerprint density at radius 1 is 1.15 bits per heavy atom. The Hall–Kier alpha value is -2.27. The fraction of sp³-hybridized carbons (Fsp3) is 0.267. The van der Waals surface area contributed by atoms with Crippen molar-refractivity contribution in [1.82, 2.24) is 0 Å². The maximum Gasteiger partial charge on any atom is 0.250 e. The molecule has 0 saturated heterocycles. The molecule has 20 heavy (non-hydrogen) atoms. The number of amides is 1. The van der Waals surface area contributed by atoms with Crippen LogP contribution in [0.1, 0.15) is 11.5 Å². The summed E-state index contributed by atoms with van der Waals surface area (Å²) in [6.45, 7) is 2.60. The van der Waals surface area contributed by atoms with E-state index in [1.54, 1.807) is 0 Å². The third-order valence-electron chi connectivity index (χ3n) is 2.71. The van der Waals surface area contributed by atoms with Gasteiger partial charge in [0, 0.05) is 18.5 Å². The molecule has 106 valence electrons. The lowest BCUT2D eigenvalue weighted by molar-refractivity contribution is -0.119. The fourth-order valence-electron chi connectivity index (χ4n) is 1.77. The van der Waals surface area contributed by atoms with Gasteiger partial charge >= 0.3 is 0 Å². The number of benzene rings is 1. The zero-order valence-corrected chi connectivity index (χ0v) is 11.6. The molecule has 0 spiro atoms. The van der Waals surface area contributed by atoms with Crippen LogP contribution in [0, 0.1) is 6.92 Å². The summed E-state index contributed by atoms with van der Waals surface area (Å²) in [5, 5.41) is 5.99. The van der Waals surface area contributed by atoms with Crippen molar-refractivity contribution in [2.45, 2.75) is 13.5 Å². The molecule has 1 amide bonds. The molecule has 2 aromatic rings. The first kappa shape index (κ1) is 14.1. The average molecular weight is 274 g/mol. The van der Waals surface area contributed by atoms with E-state index in [-0.39, 0.29) is 12.5 Å². The van der Waals surface area contributed by atoms with Gasteiger partial charge < -0.3 is 19.8 Å². The van der Waals surface area contributed by atoms with Crippen molar-refractivity contribution in [3.8, 4) is 0 Å². The molecule has 0 radical (unpaired) electrons. The molecule has 2 N–H and O–H groups in total. The zero-order chi connectivity index (χ0) is 14.4. The SMILES string of the molecule is COCC(=O)Nc1ccc(NCc2ccc(C)o2)cc1. The van der Waals surface area contributed by atoms with Crippen LogP contribution in [0.5, 0.6) is 0 Å². The lowest BCUT2D eigenvalue weighted by Gasteiger charge is -2.07. The molecule has 5 heteroatoms. The van der Waals surface area contributed by atoms with Gasteiger partial charge in [0.25, 0.3) is 0 Å². The van der Waals surface area contributed by atoms with E-state index >= 15 is 0 Å². The molecule has 0 aliphatic rings. The average Bonchev–Trinajstić information content (AvgIpc) is 2.84. The summed E-state index contributed by atoms with van der Waals surface area (Å²) in [6, 6.07) is 11.4. The van der Waals surface area contributed by atoms with E-state index in [4.69, 9.17) is 9.15 Å². The summed E-state index contributed by atoms with van der Waals surface area (Å²) < 4.78 is 10.2. The molecular formula is C15H18N2O3. The van der Waals surface area contributed by atoms with E-state index < -0.39 is 0 Å². The molecule has 0 bridgehead atoms. The molecule has 0 saturated carbocycles. The standard InChI is InChI=1S/C15H18N2O3/c1-11-3-8-14(20-11)9-16-12-4-6-13(7-5-12)17-15(18)10-19-2/h3-8,16H,9-10H2,1-2H3,(H,17,18). The van der Waals surface area contributed by atoms with Crippen LogP contribution >= 0.6 is 0 Å². The van der Waals surface area contributed by atoms with Gasteiger partial charge in [0.05, 0.1) is 6.54 Å². The van der Waals surface area contributed by atoms with Crippen LogP contribution in [0.3, 0.4) is 0 Å². The van der Waals surface area contributed by atoms with Crippen LogP contribution in [-0.4, -0.2) is 19.6 Å². The van der Waals surface area contributed by atoms with Crippen molar-refractivity contribution in [3.63, 3.8) is 0 Å². The lowest BCUT2D eigenvalue weighted by atomic mass is 10.2.